The summed E-state index contributed by atoms with van der Waals surface area (Å²) in [4.78, 5) is 18.5. The average Bonchev–Trinajstić information content (AvgIpc) is 2.08. The molecular weight excluding hydrogens is 197 g/mol. The van der Waals surface area contributed by atoms with Gasteiger partial charge in [0.15, 0.2) is 0 Å². The number of nitrogens with zero attached hydrogens (tertiary/aromatic N) is 2. The quantitative estimate of drug-likeness (QED) is 0.439. The van der Waals surface area contributed by atoms with Crippen LogP contribution in [0.15, 0.2) is 12.1 Å². The van der Waals surface area contributed by atoms with Crippen molar-refractivity contribution in [1.82, 2.24) is 0 Å². The van der Waals surface area contributed by atoms with Crippen molar-refractivity contribution in [2.75, 3.05) is 5.73 Å². The molecule has 0 aliphatic heterocycles. The molecule has 0 amide bonds. The van der Waals surface area contributed by atoms with E-state index in [0.717, 1.165) is 6.07 Å². The second-order valence-electron chi connectivity index (χ2n) is 2.38. The van der Waals surface area contributed by atoms with E-state index in [1.165, 1.54) is 0 Å². The van der Waals surface area contributed by atoms with E-state index in [-0.39, 0.29) is 0 Å². The molecule has 1 aromatic carbocycles. The van der Waals surface area contributed by atoms with Crippen molar-refractivity contribution in [3.05, 3.63) is 38.2 Å². The molecule has 0 unspecified atom stereocenters. The molecule has 0 aliphatic carbocycles. The van der Waals surface area contributed by atoms with E-state index in [1.54, 1.807) is 0 Å². The lowest BCUT2D eigenvalue weighted by Gasteiger charge is -1.97. The van der Waals surface area contributed by atoms with E-state index in [2.05, 4.69) is 0 Å². The Morgan fingerprint density at radius 1 is 1.21 bits per heavy atom. The molecule has 0 aromatic heterocycles. The van der Waals surface area contributed by atoms with Crippen LogP contribution in [-0.4, -0.2) is 9.85 Å². The molecular formula is C6H4FN3O4. The molecule has 0 atom stereocenters. The molecule has 0 bridgehead atoms. The van der Waals surface area contributed by atoms with Crippen LogP contribution >= 0.6 is 0 Å². The van der Waals surface area contributed by atoms with Crippen molar-refractivity contribution in [3.8, 4) is 0 Å². The maximum absolute atomic E-state index is 12.9. The molecule has 0 heterocycles. The maximum Gasteiger partial charge on any atom is 0.313 e. The lowest BCUT2D eigenvalue weighted by Crippen LogP contribution is -2.00. The van der Waals surface area contributed by atoms with Crippen LogP contribution < -0.4 is 5.73 Å². The van der Waals surface area contributed by atoms with Crippen molar-refractivity contribution in [3.63, 3.8) is 0 Å². The van der Waals surface area contributed by atoms with Gasteiger partial charge >= 0.3 is 5.69 Å². The summed E-state index contributed by atoms with van der Waals surface area (Å²) < 4.78 is 12.9. The summed E-state index contributed by atoms with van der Waals surface area (Å²) in [7, 11) is 0. The van der Waals surface area contributed by atoms with Crippen LogP contribution in [0.2, 0.25) is 0 Å². The minimum Gasteiger partial charge on any atom is -0.396 e. The van der Waals surface area contributed by atoms with Gasteiger partial charge in [-0.15, -0.1) is 0 Å². The second-order valence-corrected chi connectivity index (χ2v) is 2.38. The Morgan fingerprint density at radius 2 is 1.79 bits per heavy atom. The molecule has 0 saturated carbocycles. The normalized spacial score (nSPS) is 9.79. The number of benzene rings is 1. The second kappa shape index (κ2) is 3.24. The van der Waals surface area contributed by atoms with E-state index in [1.807, 2.05) is 0 Å². The van der Waals surface area contributed by atoms with E-state index in [4.69, 9.17) is 5.73 Å². The minimum absolute atomic E-state index is 0.520. The molecule has 0 radical (unpaired) electrons. The predicted molar refractivity (Wildman–Crippen MR) is 44.1 cm³/mol. The van der Waals surface area contributed by atoms with Crippen molar-refractivity contribution in [2.24, 2.45) is 0 Å². The first-order chi connectivity index (χ1) is 6.43. The standard InChI is InChI=1S/C6H4FN3O4/c7-6-4(8)1-3(9(11)12)2-5(6)10(13)14/h1-2H,8H2. The van der Waals surface area contributed by atoms with Gasteiger partial charge in [0.2, 0.25) is 5.82 Å². The third-order valence-corrected chi connectivity index (χ3v) is 1.47. The first kappa shape index (κ1) is 9.84. The van der Waals surface area contributed by atoms with Gasteiger partial charge in [0.25, 0.3) is 5.69 Å². The average molecular weight is 201 g/mol. The summed E-state index contributed by atoms with van der Waals surface area (Å²) >= 11 is 0. The fourth-order valence-corrected chi connectivity index (χ4v) is 0.854. The monoisotopic (exact) mass is 201 g/mol. The van der Waals surface area contributed by atoms with Gasteiger partial charge in [0.1, 0.15) is 0 Å². The molecule has 14 heavy (non-hydrogen) atoms. The summed E-state index contributed by atoms with van der Waals surface area (Å²) in [5, 5.41) is 20.5. The molecule has 8 heteroatoms. The summed E-state index contributed by atoms with van der Waals surface area (Å²) in [6.07, 6.45) is 0. The maximum atomic E-state index is 12.9. The molecule has 0 fully saturated rings. The van der Waals surface area contributed by atoms with Crippen LogP contribution in [0.25, 0.3) is 0 Å². The van der Waals surface area contributed by atoms with Crippen LogP contribution in [0.3, 0.4) is 0 Å². The SMILES string of the molecule is Nc1cc([N+](=O)[O-])cc([N+](=O)[O-])c1F. The number of rotatable bonds is 2. The number of hydrogen-bond donors (Lipinski definition) is 1. The fraction of sp³-hybridized carbons (Fsp3) is 0. The predicted octanol–water partition coefficient (Wildman–Crippen LogP) is 1.22. The van der Waals surface area contributed by atoms with Gasteiger partial charge in [-0.05, 0) is 0 Å². The van der Waals surface area contributed by atoms with Gasteiger partial charge in [0, 0.05) is 6.07 Å². The van der Waals surface area contributed by atoms with Crippen LogP contribution in [0.5, 0.6) is 0 Å². The number of nitrogens with two attached hydrogens (primary N) is 1. The van der Waals surface area contributed by atoms with E-state index >= 15 is 0 Å². The summed E-state index contributed by atoms with van der Waals surface area (Å²) in [6.45, 7) is 0. The van der Waals surface area contributed by atoms with Crippen LogP contribution in [0.1, 0.15) is 0 Å². The third-order valence-electron chi connectivity index (χ3n) is 1.47. The van der Waals surface area contributed by atoms with Gasteiger partial charge in [-0.2, -0.15) is 4.39 Å². The zero-order valence-corrected chi connectivity index (χ0v) is 6.64. The number of hydrogen-bond acceptors (Lipinski definition) is 5. The van der Waals surface area contributed by atoms with Crippen molar-refractivity contribution in [1.29, 1.82) is 0 Å². The topological polar surface area (TPSA) is 112 Å². The molecule has 0 saturated heterocycles. The first-order valence-electron chi connectivity index (χ1n) is 3.31. The lowest BCUT2D eigenvalue weighted by molar-refractivity contribution is -0.395. The highest BCUT2D eigenvalue weighted by Crippen LogP contribution is 2.28. The van der Waals surface area contributed by atoms with Crippen LogP contribution in [-0.2, 0) is 0 Å². The van der Waals surface area contributed by atoms with Crippen molar-refractivity contribution < 1.29 is 14.2 Å². The smallest absolute Gasteiger partial charge is 0.313 e. The largest absolute Gasteiger partial charge is 0.396 e. The van der Waals surface area contributed by atoms with Gasteiger partial charge in [0.05, 0.1) is 21.6 Å². The highest BCUT2D eigenvalue weighted by molar-refractivity contribution is 5.57. The number of nitrogen functional groups attached to an aromatic ring is 1. The minimum atomic E-state index is -1.26. The van der Waals surface area contributed by atoms with Gasteiger partial charge in [-0.3, -0.25) is 20.2 Å². The first-order valence-corrected chi connectivity index (χ1v) is 3.31. The molecule has 0 spiro atoms. The van der Waals surface area contributed by atoms with Crippen molar-refractivity contribution in [2.45, 2.75) is 0 Å². The number of nitro groups is 2. The Morgan fingerprint density at radius 3 is 2.21 bits per heavy atom. The zero-order valence-electron chi connectivity index (χ0n) is 6.64. The lowest BCUT2D eigenvalue weighted by atomic mass is 10.2. The Balaban J connectivity index is 3.43. The van der Waals surface area contributed by atoms with Crippen LogP contribution in [0, 0.1) is 26.0 Å². The zero-order chi connectivity index (χ0) is 10.9. The number of halogens is 1. The van der Waals surface area contributed by atoms with Crippen molar-refractivity contribution >= 4 is 17.1 Å². The molecule has 2 N–H and O–H groups in total. The van der Waals surface area contributed by atoms with E-state index in [9.17, 15) is 24.6 Å². The fourth-order valence-electron chi connectivity index (χ4n) is 0.854. The highest BCUT2D eigenvalue weighted by atomic mass is 19.1. The highest BCUT2D eigenvalue weighted by Gasteiger charge is 2.22. The number of nitro benzene ring substituents is 2. The van der Waals surface area contributed by atoms with Crippen LogP contribution in [0.4, 0.5) is 21.5 Å². The van der Waals surface area contributed by atoms with E-state index in [0.29, 0.717) is 6.07 Å². The molecule has 1 rings (SSSR count). The molecule has 0 aliphatic rings. The molecule has 7 nitrogen and oxygen atoms in total. The summed E-state index contributed by atoms with van der Waals surface area (Å²) in [6, 6.07) is 1.24. The Labute approximate surface area is 76.2 Å². The third kappa shape index (κ3) is 1.58. The molecule has 1 aromatic rings. The summed E-state index contributed by atoms with van der Waals surface area (Å²) in [5.41, 5.74) is 2.78. The van der Waals surface area contributed by atoms with E-state index < -0.39 is 32.7 Å². The Hall–Kier alpha value is -2.25. The van der Waals surface area contributed by atoms with Gasteiger partial charge in [-0.1, -0.05) is 0 Å². The summed E-state index contributed by atoms with van der Waals surface area (Å²) in [5.74, 6) is -1.26. The number of non-ortho nitro benzene ring substituents is 1. The number of anilines is 1. The van der Waals surface area contributed by atoms with Gasteiger partial charge < -0.3 is 5.73 Å². The van der Waals surface area contributed by atoms with Gasteiger partial charge in [-0.25, -0.2) is 0 Å². The Kier molecular flexibility index (Phi) is 2.28. The Bertz CT molecular complexity index is 420. The molecule has 74 valence electrons.